The van der Waals surface area contributed by atoms with Gasteiger partial charge in [0, 0.05) is 25.8 Å². The van der Waals surface area contributed by atoms with E-state index in [1.54, 1.807) is 0 Å². The Balaban J connectivity index is 2.59. The van der Waals surface area contributed by atoms with E-state index in [0.717, 1.165) is 19.7 Å². The molecule has 1 aromatic carbocycles. The average molecular weight is 250 g/mol. The number of anilines is 1. The van der Waals surface area contributed by atoms with E-state index in [2.05, 4.69) is 56.2 Å². The van der Waals surface area contributed by atoms with Crippen LogP contribution in [0.15, 0.2) is 18.2 Å². The van der Waals surface area contributed by atoms with Crippen LogP contribution in [0.1, 0.15) is 25.0 Å². The van der Waals surface area contributed by atoms with Crippen LogP contribution in [0.25, 0.3) is 0 Å². The summed E-state index contributed by atoms with van der Waals surface area (Å²) in [5, 5.41) is 3.17. The van der Waals surface area contributed by atoms with E-state index >= 15 is 0 Å². The summed E-state index contributed by atoms with van der Waals surface area (Å²) in [7, 11) is 4.09. The van der Waals surface area contributed by atoms with Crippen molar-refractivity contribution >= 4 is 5.69 Å². The van der Waals surface area contributed by atoms with Crippen LogP contribution in [0.4, 0.5) is 5.69 Å². The van der Waals surface area contributed by atoms with Crippen molar-refractivity contribution in [2.45, 2.75) is 33.4 Å². The summed E-state index contributed by atoms with van der Waals surface area (Å²) in [6.07, 6.45) is 0.303. The molecular weight excluding hydrogens is 224 g/mol. The summed E-state index contributed by atoms with van der Waals surface area (Å²) in [4.78, 5) is 2.25. The van der Waals surface area contributed by atoms with E-state index in [-0.39, 0.29) is 0 Å². The summed E-state index contributed by atoms with van der Waals surface area (Å²) in [5.41, 5.74) is 3.92. The van der Waals surface area contributed by atoms with Crippen molar-refractivity contribution in [3.63, 3.8) is 0 Å². The Hall–Kier alpha value is -1.06. The van der Waals surface area contributed by atoms with Gasteiger partial charge in [-0.1, -0.05) is 12.1 Å². The van der Waals surface area contributed by atoms with Gasteiger partial charge in [-0.2, -0.15) is 0 Å². The zero-order valence-electron chi connectivity index (χ0n) is 12.3. The summed E-state index contributed by atoms with van der Waals surface area (Å²) in [6, 6.07) is 6.61. The SMILES string of the molecule is CNCc1ccc(N(C)CCOC(C)C)c(C)c1. The minimum absolute atomic E-state index is 0.303. The number of nitrogens with one attached hydrogen (secondary N) is 1. The van der Waals surface area contributed by atoms with Gasteiger partial charge in [0.1, 0.15) is 0 Å². The molecule has 102 valence electrons. The van der Waals surface area contributed by atoms with Crippen LogP contribution in [-0.2, 0) is 11.3 Å². The lowest BCUT2D eigenvalue weighted by Crippen LogP contribution is -2.24. The Labute approximate surface area is 111 Å². The van der Waals surface area contributed by atoms with Crippen LogP contribution < -0.4 is 10.2 Å². The fraction of sp³-hybridized carbons (Fsp3) is 0.600. The molecule has 18 heavy (non-hydrogen) atoms. The molecule has 0 fully saturated rings. The molecule has 1 aromatic rings. The molecule has 0 unspecified atom stereocenters. The second kappa shape index (κ2) is 7.39. The van der Waals surface area contributed by atoms with Crippen LogP contribution >= 0.6 is 0 Å². The molecule has 1 N–H and O–H groups in total. The molecule has 0 heterocycles. The molecule has 0 aromatic heterocycles. The van der Waals surface area contributed by atoms with Gasteiger partial charge in [0.15, 0.2) is 0 Å². The number of benzene rings is 1. The van der Waals surface area contributed by atoms with Crippen LogP contribution in [0.3, 0.4) is 0 Å². The van der Waals surface area contributed by atoms with E-state index in [0.29, 0.717) is 6.10 Å². The van der Waals surface area contributed by atoms with Gasteiger partial charge < -0.3 is 15.0 Å². The normalized spacial score (nSPS) is 11.0. The van der Waals surface area contributed by atoms with Gasteiger partial charge in [0.2, 0.25) is 0 Å². The molecule has 0 aliphatic carbocycles. The highest BCUT2D eigenvalue weighted by molar-refractivity contribution is 5.53. The third-order valence-electron chi connectivity index (χ3n) is 2.93. The van der Waals surface area contributed by atoms with E-state index in [1.165, 1.54) is 16.8 Å². The average Bonchev–Trinajstić information content (AvgIpc) is 2.28. The first-order valence-electron chi connectivity index (χ1n) is 6.61. The zero-order valence-corrected chi connectivity index (χ0v) is 12.3. The summed E-state index contributed by atoms with van der Waals surface area (Å²) in [5.74, 6) is 0. The number of aryl methyl sites for hydroxylation is 1. The minimum atomic E-state index is 0.303. The third kappa shape index (κ3) is 4.67. The van der Waals surface area contributed by atoms with Crippen molar-refractivity contribution in [3.8, 4) is 0 Å². The summed E-state index contributed by atoms with van der Waals surface area (Å²) in [6.45, 7) is 8.90. The molecule has 3 heteroatoms. The Bertz CT molecular complexity index is 364. The maximum absolute atomic E-state index is 5.58. The number of nitrogens with zero attached hydrogens (tertiary/aromatic N) is 1. The van der Waals surface area contributed by atoms with Gasteiger partial charge in [-0.3, -0.25) is 0 Å². The molecule has 0 saturated heterocycles. The number of ether oxygens (including phenoxy) is 1. The van der Waals surface area contributed by atoms with Gasteiger partial charge in [-0.15, -0.1) is 0 Å². The second-order valence-electron chi connectivity index (χ2n) is 4.99. The van der Waals surface area contributed by atoms with Gasteiger partial charge in [0.25, 0.3) is 0 Å². The molecule has 0 saturated carbocycles. The molecule has 0 spiro atoms. The predicted molar refractivity (Wildman–Crippen MR) is 78.3 cm³/mol. The van der Waals surface area contributed by atoms with Crippen molar-refractivity contribution in [2.24, 2.45) is 0 Å². The van der Waals surface area contributed by atoms with Crippen LogP contribution in [0.5, 0.6) is 0 Å². The highest BCUT2D eigenvalue weighted by atomic mass is 16.5. The van der Waals surface area contributed by atoms with Gasteiger partial charge >= 0.3 is 0 Å². The molecular formula is C15H26N2O. The molecule has 0 atom stereocenters. The molecule has 0 amide bonds. The lowest BCUT2D eigenvalue weighted by molar-refractivity contribution is 0.0846. The monoisotopic (exact) mass is 250 g/mol. The lowest BCUT2D eigenvalue weighted by atomic mass is 10.1. The van der Waals surface area contributed by atoms with Crippen molar-refractivity contribution in [1.29, 1.82) is 0 Å². The Morgan fingerprint density at radius 2 is 2.06 bits per heavy atom. The van der Waals surface area contributed by atoms with Crippen molar-refractivity contribution in [3.05, 3.63) is 29.3 Å². The fourth-order valence-electron chi connectivity index (χ4n) is 2.01. The molecule has 3 nitrogen and oxygen atoms in total. The second-order valence-corrected chi connectivity index (χ2v) is 4.99. The first kappa shape index (κ1) is 15.0. The van der Waals surface area contributed by atoms with Crippen molar-refractivity contribution in [1.82, 2.24) is 5.32 Å². The number of hydrogen-bond donors (Lipinski definition) is 1. The standard InChI is InChI=1S/C15H26N2O/c1-12(2)18-9-8-17(5)15-7-6-14(11-16-4)10-13(15)3/h6-7,10,12,16H,8-9,11H2,1-5H3. The van der Waals surface area contributed by atoms with E-state index in [4.69, 9.17) is 4.74 Å². The van der Waals surface area contributed by atoms with Crippen molar-refractivity contribution in [2.75, 3.05) is 32.1 Å². The molecule has 0 aliphatic heterocycles. The summed E-state index contributed by atoms with van der Waals surface area (Å²) < 4.78 is 5.58. The Morgan fingerprint density at radius 1 is 1.33 bits per heavy atom. The predicted octanol–water partition coefficient (Wildman–Crippen LogP) is 2.58. The molecule has 0 aliphatic rings. The quantitative estimate of drug-likeness (QED) is 0.805. The number of likely N-dealkylation sites (N-methyl/N-ethyl adjacent to an activating group) is 1. The maximum Gasteiger partial charge on any atom is 0.0644 e. The topological polar surface area (TPSA) is 24.5 Å². The highest BCUT2D eigenvalue weighted by Gasteiger charge is 2.05. The Morgan fingerprint density at radius 3 is 2.61 bits per heavy atom. The van der Waals surface area contributed by atoms with E-state index < -0.39 is 0 Å². The number of hydrogen-bond acceptors (Lipinski definition) is 3. The highest BCUT2D eigenvalue weighted by Crippen LogP contribution is 2.20. The fourth-order valence-corrected chi connectivity index (χ4v) is 2.01. The maximum atomic E-state index is 5.58. The minimum Gasteiger partial charge on any atom is -0.377 e. The first-order valence-corrected chi connectivity index (χ1v) is 6.61. The molecule has 0 radical (unpaired) electrons. The zero-order chi connectivity index (χ0) is 13.5. The van der Waals surface area contributed by atoms with Gasteiger partial charge in [-0.25, -0.2) is 0 Å². The number of rotatable bonds is 7. The molecule has 1 rings (SSSR count). The largest absolute Gasteiger partial charge is 0.377 e. The van der Waals surface area contributed by atoms with E-state index in [1.807, 2.05) is 7.05 Å². The Kier molecular flexibility index (Phi) is 6.16. The molecule has 0 bridgehead atoms. The third-order valence-corrected chi connectivity index (χ3v) is 2.93. The van der Waals surface area contributed by atoms with Crippen LogP contribution in [0.2, 0.25) is 0 Å². The van der Waals surface area contributed by atoms with Crippen molar-refractivity contribution < 1.29 is 4.74 Å². The first-order chi connectivity index (χ1) is 8.54. The van der Waals surface area contributed by atoms with Crippen LogP contribution in [0, 0.1) is 6.92 Å². The van der Waals surface area contributed by atoms with Gasteiger partial charge in [0.05, 0.1) is 12.7 Å². The summed E-state index contributed by atoms with van der Waals surface area (Å²) >= 11 is 0. The van der Waals surface area contributed by atoms with Crippen LogP contribution in [-0.4, -0.2) is 33.4 Å². The smallest absolute Gasteiger partial charge is 0.0644 e. The van der Waals surface area contributed by atoms with Gasteiger partial charge in [-0.05, 0) is 45.0 Å². The van der Waals surface area contributed by atoms with E-state index in [9.17, 15) is 0 Å². The lowest BCUT2D eigenvalue weighted by Gasteiger charge is -2.22.